The molecule has 1 heterocycles. The van der Waals surface area contributed by atoms with Crippen LogP contribution in [0.4, 0.5) is 13.2 Å². The Labute approximate surface area is 90.6 Å². The lowest BCUT2D eigenvalue weighted by Crippen LogP contribution is -2.28. The van der Waals surface area contributed by atoms with Gasteiger partial charge in [-0.1, -0.05) is 0 Å². The molecule has 8 heteroatoms. The van der Waals surface area contributed by atoms with Crippen molar-refractivity contribution in [3.8, 4) is 0 Å². The van der Waals surface area contributed by atoms with Gasteiger partial charge in [-0.2, -0.15) is 13.2 Å². The molecule has 0 fully saturated rings. The maximum atomic E-state index is 11.8. The number of nitrogens with zero attached hydrogens (tertiary/aromatic N) is 1. The summed E-state index contributed by atoms with van der Waals surface area (Å²) in [5.74, 6) is 0. The first-order valence-corrected chi connectivity index (χ1v) is 5.76. The summed E-state index contributed by atoms with van der Waals surface area (Å²) in [6, 6.07) is 2.64. The van der Waals surface area contributed by atoms with Gasteiger partial charge in [0.15, 0.2) is 0 Å². The molecule has 0 aliphatic carbocycles. The van der Waals surface area contributed by atoms with Crippen LogP contribution in [0, 0.1) is 0 Å². The van der Waals surface area contributed by atoms with Gasteiger partial charge < -0.3 is 0 Å². The van der Waals surface area contributed by atoms with Gasteiger partial charge >= 0.3 is 6.18 Å². The number of pyridine rings is 1. The summed E-state index contributed by atoms with van der Waals surface area (Å²) in [5, 5.41) is 0. The number of hydrogen-bond acceptors (Lipinski definition) is 3. The second-order valence-corrected chi connectivity index (χ2v) is 4.72. The fraction of sp³-hybridized carbons (Fsp3) is 0.375. The van der Waals surface area contributed by atoms with Gasteiger partial charge in [-0.3, -0.25) is 4.98 Å². The molecule has 0 amide bonds. The first-order valence-electron chi connectivity index (χ1n) is 4.28. The number of rotatable bonds is 4. The highest BCUT2D eigenvalue weighted by Crippen LogP contribution is 2.18. The zero-order valence-electron chi connectivity index (χ0n) is 8.03. The third-order valence-electron chi connectivity index (χ3n) is 1.65. The molecule has 0 aromatic carbocycles. The van der Waals surface area contributed by atoms with E-state index < -0.39 is 29.2 Å². The van der Waals surface area contributed by atoms with E-state index in [1.807, 2.05) is 4.72 Å². The van der Waals surface area contributed by atoms with Crippen molar-refractivity contribution in [1.82, 2.24) is 9.71 Å². The molecule has 0 atom stereocenters. The van der Waals surface area contributed by atoms with Crippen LogP contribution in [0.25, 0.3) is 0 Å². The molecular formula is C8H9F3N2O2S. The summed E-state index contributed by atoms with van der Waals surface area (Å²) >= 11 is 0. The molecule has 0 unspecified atom stereocenters. The highest BCUT2D eigenvalue weighted by molar-refractivity contribution is 7.89. The zero-order chi connectivity index (χ0) is 12.2. The lowest BCUT2D eigenvalue weighted by Gasteiger charge is -2.08. The van der Waals surface area contributed by atoms with Crippen molar-refractivity contribution < 1.29 is 21.6 Å². The Hall–Kier alpha value is -1.15. The predicted molar refractivity (Wildman–Crippen MR) is 50.1 cm³/mol. The van der Waals surface area contributed by atoms with Crippen LogP contribution in [0.15, 0.2) is 29.4 Å². The molecule has 0 aliphatic rings. The van der Waals surface area contributed by atoms with E-state index in [0.29, 0.717) is 0 Å². The smallest absolute Gasteiger partial charge is 0.263 e. The molecule has 4 nitrogen and oxygen atoms in total. The van der Waals surface area contributed by atoms with Crippen LogP contribution in [-0.2, 0) is 10.0 Å². The predicted octanol–water partition coefficient (Wildman–Crippen LogP) is 1.31. The van der Waals surface area contributed by atoms with E-state index in [-0.39, 0.29) is 4.90 Å². The molecule has 1 aromatic rings. The van der Waals surface area contributed by atoms with E-state index in [4.69, 9.17) is 0 Å². The molecule has 0 bridgehead atoms. The number of halogens is 3. The summed E-state index contributed by atoms with van der Waals surface area (Å²) in [4.78, 5) is 3.41. The number of sulfonamides is 1. The van der Waals surface area contributed by atoms with Crippen molar-refractivity contribution >= 4 is 10.0 Å². The largest absolute Gasteiger partial charge is 0.390 e. The zero-order valence-corrected chi connectivity index (χ0v) is 8.85. The van der Waals surface area contributed by atoms with Crippen LogP contribution >= 0.6 is 0 Å². The average molecular weight is 254 g/mol. The topological polar surface area (TPSA) is 59.1 Å². The van der Waals surface area contributed by atoms with Gasteiger partial charge in [-0.25, -0.2) is 13.1 Å². The molecule has 90 valence electrons. The quantitative estimate of drug-likeness (QED) is 0.881. The van der Waals surface area contributed by atoms with Gasteiger partial charge in [-0.05, 0) is 12.1 Å². The van der Waals surface area contributed by atoms with Crippen LogP contribution in [-0.4, -0.2) is 26.1 Å². The Kier molecular flexibility index (Phi) is 3.87. The molecular weight excluding hydrogens is 245 g/mol. The van der Waals surface area contributed by atoms with Crippen LogP contribution in [0.3, 0.4) is 0 Å². The Morgan fingerprint density at radius 2 is 2.06 bits per heavy atom. The summed E-state index contributed by atoms with van der Waals surface area (Å²) in [6.07, 6.45) is -3.14. The normalized spacial score (nSPS) is 12.7. The first kappa shape index (κ1) is 12.9. The maximum Gasteiger partial charge on any atom is 0.390 e. The van der Waals surface area contributed by atoms with Crippen LogP contribution in [0.2, 0.25) is 0 Å². The summed E-state index contributed by atoms with van der Waals surface area (Å²) in [5.41, 5.74) is 0. The summed E-state index contributed by atoms with van der Waals surface area (Å²) in [7, 11) is -3.90. The number of hydrogen-bond donors (Lipinski definition) is 1. The van der Waals surface area contributed by atoms with Gasteiger partial charge in [0.05, 0.1) is 6.42 Å². The fourth-order valence-electron chi connectivity index (χ4n) is 0.917. The lowest BCUT2D eigenvalue weighted by atomic mass is 10.4. The monoisotopic (exact) mass is 254 g/mol. The van der Waals surface area contributed by atoms with Gasteiger partial charge in [0.25, 0.3) is 0 Å². The summed E-state index contributed by atoms with van der Waals surface area (Å²) < 4.78 is 60.0. The Bertz CT molecular complexity index is 430. The minimum atomic E-state index is -4.38. The standard InChI is InChI=1S/C8H9F3N2O2S/c9-8(10,11)3-5-13-16(14,15)7-2-1-4-12-6-7/h1-2,4,6,13H,3,5H2. The number of nitrogens with one attached hydrogen (secondary N) is 1. The van der Waals surface area contributed by atoms with Gasteiger partial charge in [0.1, 0.15) is 4.90 Å². The molecule has 0 radical (unpaired) electrons. The molecule has 1 N–H and O–H groups in total. The van der Waals surface area contributed by atoms with Crippen LogP contribution in [0.5, 0.6) is 0 Å². The summed E-state index contributed by atoms with van der Waals surface area (Å²) in [6.45, 7) is -0.680. The Balaban J connectivity index is 2.61. The van der Waals surface area contributed by atoms with E-state index in [9.17, 15) is 21.6 Å². The highest BCUT2D eigenvalue weighted by atomic mass is 32.2. The van der Waals surface area contributed by atoms with E-state index in [1.165, 1.54) is 18.3 Å². The third-order valence-corrected chi connectivity index (χ3v) is 3.09. The maximum absolute atomic E-state index is 11.8. The number of alkyl halides is 3. The molecule has 0 saturated carbocycles. The second-order valence-electron chi connectivity index (χ2n) is 2.95. The fourth-order valence-corrected chi connectivity index (χ4v) is 1.91. The number of aromatic nitrogens is 1. The minimum Gasteiger partial charge on any atom is -0.263 e. The molecule has 16 heavy (non-hydrogen) atoms. The van der Waals surface area contributed by atoms with E-state index in [1.54, 1.807) is 0 Å². The molecule has 1 aromatic heterocycles. The van der Waals surface area contributed by atoms with E-state index >= 15 is 0 Å². The Morgan fingerprint density at radius 3 is 2.56 bits per heavy atom. The molecule has 1 rings (SSSR count). The molecule has 0 aliphatic heterocycles. The minimum absolute atomic E-state index is 0.155. The van der Waals surface area contributed by atoms with Gasteiger partial charge in [0, 0.05) is 18.9 Å². The molecule has 0 saturated heterocycles. The second kappa shape index (κ2) is 4.79. The third kappa shape index (κ3) is 4.15. The highest BCUT2D eigenvalue weighted by Gasteiger charge is 2.27. The lowest BCUT2D eigenvalue weighted by molar-refractivity contribution is -0.132. The van der Waals surface area contributed by atoms with Crippen molar-refractivity contribution in [3.63, 3.8) is 0 Å². The van der Waals surface area contributed by atoms with Crippen molar-refractivity contribution in [2.24, 2.45) is 0 Å². The van der Waals surface area contributed by atoms with Crippen LogP contribution in [0.1, 0.15) is 6.42 Å². The van der Waals surface area contributed by atoms with Gasteiger partial charge in [-0.15, -0.1) is 0 Å². The first-order chi connectivity index (χ1) is 7.31. The van der Waals surface area contributed by atoms with Crippen molar-refractivity contribution in [3.05, 3.63) is 24.5 Å². The van der Waals surface area contributed by atoms with Crippen molar-refractivity contribution in [2.45, 2.75) is 17.5 Å². The van der Waals surface area contributed by atoms with Crippen molar-refractivity contribution in [1.29, 1.82) is 0 Å². The van der Waals surface area contributed by atoms with Gasteiger partial charge in [0.2, 0.25) is 10.0 Å². The molecule has 0 spiro atoms. The van der Waals surface area contributed by atoms with E-state index in [2.05, 4.69) is 4.98 Å². The average Bonchev–Trinajstić information content (AvgIpc) is 2.17. The Morgan fingerprint density at radius 1 is 1.38 bits per heavy atom. The van der Waals surface area contributed by atoms with E-state index in [0.717, 1.165) is 6.20 Å². The van der Waals surface area contributed by atoms with Crippen molar-refractivity contribution in [2.75, 3.05) is 6.54 Å². The van der Waals surface area contributed by atoms with Crippen LogP contribution < -0.4 is 4.72 Å². The SMILES string of the molecule is O=S(=O)(NCCC(F)(F)F)c1cccnc1.